The van der Waals surface area contributed by atoms with Crippen LogP contribution in [0.5, 0.6) is 5.75 Å². The van der Waals surface area contributed by atoms with Crippen LogP contribution in [0, 0.1) is 11.3 Å². The molecule has 7 heteroatoms. The number of rotatable bonds is 5. The topological polar surface area (TPSA) is 84.4 Å². The van der Waals surface area contributed by atoms with E-state index in [9.17, 15) is 9.59 Å². The van der Waals surface area contributed by atoms with Crippen LogP contribution in [-0.2, 0) is 4.79 Å². The van der Waals surface area contributed by atoms with Gasteiger partial charge in [-0.1, -0.05) is 13.8 Å². The van der Waals surface area contributed by atoms with Crippen LogP contribution in [-0.4, -0.2) is 34.9 Å². The summed E-state index contributed by atoms with van der Waals surface area (Å²) in [5.74, 6) is 0.756. The van der Waals surface area contributed by atoms with Crippen LogP contribution in [0.3, 0.4) is 0 Å². The summed E-state index contributed by atoms with van der Waals surface area (Å²) in [5.41, 5.74) is 0.909. The van der Waals surface area contributed by atoms with Crippen molar-refractivity contribution in [2.75, 3.05) is 23.4 Å². The summed E-state index contributed by atoms with van der Waals surface area (Å²) in [5, 5.41) is 2.80. The third-order valence-electron chi connectivity index (χ3n) is 4.65. The van der Waals surface area contributed by atoms with E-state index in [4.69, 9.17) is 4.74 Å². The number of anilines is 2. The van der Waals surface area contributed by atoms with Crippen molar-refractivity contribution in [3.63, 3.8) is 0 Å². The molecule has 28 heavy (non-hydrogen) atoms. The molecule has 1 aromatic heterocycles. The predicted molar refractivity (Wildman–Crippen MR) is 108 cm³/mol. The molecule has 1 aliphatic rings. The van der Waals surface area contributed by atoms with Crippen LogP contribution < -0.4 is 15.0 Å². The van der Waals surface area contributed by atoms with Gasteiger partial charge in [-0.2, -0.15) is 0 Å². The summed E-state index contributed by atoms with van der Waals surface area (Å²) >= 11 is 0. The van der Waals surface area contributed by atoms with Gasteiger partial charge in [-0.05, 0) is 38.3 Å². The Morgan fingerprint density at radius 2 is 2.11 bits per heavy atom. The maximum absolute atomic E-state index is 13.1. The fourth-order valence-corrected chi connectivity index (χ4v) is 2.95. The van der Waals surface area contributed by atoms with Crippen molar-refractivity contribution in [2.45, 2.75) is 34.1 Å². The second-order valence-electron chi connectivity index (χ2n) is 8.04. The van der Waals surface area contributed by atoms with Crippen LogP contribution >= 0.6 is 0 Å². The molecule has 0 aliphatic carbocycles. The molecule has 2 amide bonds. The minimum Gasteiger partial charge on any atom is -0.490 e. The molecule has 0 saturated carbocycles. The van der Waals surface area contributed by atoms with Gasteiger partial charge in [0.25, 0.3) is 5.91 Å². The summed E-state index contributed by atoms with van der Waals surface area (Å²) in [6, 6.07) is 5.34. The summed E-state index contributed by atoms with van der Waals surface area (Å²) in [4.78, 5) is 35.1. The Bertz CT molecular complexity index is 865. The van der Waals surface area contributed by atoms with Crippen molar-refractivity contribution in [3.05, 3.63) is 42.5 Å². The molecule has 1 aliphatic heterocycles. The third-order valence-corrected chi connectivity index (χ3v) is 4.65. The lowest BCUT2D eigenvalue weighted by molar-refractivity contribution is -0.127. The Kier molecular flexibility index (Phi) is 5.63. The molecule has 2 aromatic rings. The van der Waals surface area contributed by atoms with Crippen molar-refractivity contribution in [3.8, 4) is 5.75 Å². The van der Waals surface area contributed by atoms with Gasteiger partial charge in [-0.15, -0.1) is 0 Å². The van der Waals surface area contributed by atoms with E-state index < -0.39 is 5.41 Å². The molecular weight excluding hydrogens is 356 g/mol. The fourth-order valence-electron chi connectivity index (χ4n) is 2.95. The highest BCUT2D eigenvalue weighted by molar-refractivity contribution is 6.03. The van der Waals surface area contributed by atoms with Gasteiger partial charge in [-0.25, -0.2) is 4.98 Å². The molecule has 0 bridgehead atoms. The molecule has 7 nitrogen and oxygen atoms in total. The zero-order chi connectivity index (χ0) is 20.3. The van der Waals surface area contributed by atoms with E-state index in [1.54, 1.807) is 17.0 Å². The molecule has 0 spiro atoms. The van der Waals surface area contributed by atoms with Crippen LogP contribution in [0.15, 0.2) is 36.8 Å². The zero-order valence-corrected chi connectivity index (χ0v) is 16.7. The lowest BCUT2D eigenvalue weighted by Gasteiger charge is -2.28. The predicted octanol–water partition coefficient (Wildman–Crippen LogP) is 3.53. The van der Waals surface area contributed by atoms with Gasteiger partial charge in [-0.3, -0.25) is 14.6 Å². The van der Waals surface area contributed by atoms with E-state index in [-0.39, 0.29) is 24.1 Å². The van der Waals surface area contributed by atoms with Gasteiger partial charge < -0.3 is 15.0 Å². The average Bonchev–Trinajstić information content (AvgIpc) is 2.76. The van der Waals surface area contributed by atoms with Crippen molar-refractivity contribution < 1.29 is 14.3 Å². The highest BCUT2D eigenvalue weighted by Crippen LogP contribution is 2.38. The first-order valence-electron chi connectivity index (χ1n) is 9.44. The smallest absolute Gasteiger partial charge is 0.275 e. The van der Waals surface area contributed by atoms with Crippen molar-refractivity contribution in [1.82, 2.24) is 9.97 Å². The standard InChI is InChI=1S/C21H26N4O3/c1-14(2)7-10-25-17-6-5-15(24-19(26)16-12-22-8-9-23-16)11-18(17)28-13-21(3,4)20(25)27/h5-6,8-9,11-12,14H,7,10,13H2,1-4H3,(H,24,26). The van der Waals surface area contributed by atoms with Crippen LogP contribution in [0.2, 0.25) is 0 Å². The van der Waals surface area contributed by atoms with E-state index in [1.807, 2.05) is 19.9 Å². The van der Waals surface area contributed by atoms with Gasteiger partial charge in [0, 0.05) is 30.7 Å². The Labute approximate surface area is 165 Å². The molecule has 0 fully saturated rings. The SMILES string of the molecule is CC(C)CCN1C(=O)C(C)(C)COc2cc(NC(=O)c3cnccn3)ccc21. The van der Waals surface area contributed by atoms with Crippen LogP contribution in [0.25, 0.3) is 0 Å². The van der Waals surface area contributed by atoms with E-state index >= 15 is 0 Å². The molecule has 0 radical (unpaired) electrons. The van der Waals surface area contributed by atoms with Crippen LogP contribution in [0.4, 0.5) is 11.4 Å². The Balaban J connectivity index is 1.88. The molecule has 1 N–H and O–H groups in total. The van der Waals surface area contributed by atoms with Gasteiger partial charge >= 0.3 is 0 Å². The number of aromatic nitrogens is 2. The lowest BCUT2D eigenvalue weighted by Crippen LogP contribution is -2.42. The minimum atomic E-state index is -0.626. The van der Waals surface area contributed by atoms with E-state index in [1.165, 1.54) is 18.6 Å². The Morgan fingerprint density at radius 3 is 2.79 bits per heavy atom. The maximum Gasteiger partial charge on any atom is 0.275 e. The number of carbonyl (C=O) groups excluding carboxylic acids is 2. The van der Waals surface area contributed by atoms with Crippen LogP contribution in [0.1, 0.15) is 44.6 Å². The highest BCUT2D eigenvalue weighted by Gasteiger charge is 2.37. The quantitative estimate of drug-likeness (QED) is 0.855. The van der Waals surface area contributed by atoms with Gasteiger partial charge in [0.1, 0.15) is 18.1 Å². The molecule has 0 unspecified atom stereocenters. The summed E-state index contributed by atoms with van der Waals surface area (Å²) in [6.45, 7) is 8.95. The number of hydrogen-bond acceptors (Lipinski definition) is 5. The highest BCUT2D eigenvalue weighted by atomic mass is 16.5. The van der Waals surface area contributed by atoms with E-state index in [0.717, 1.165) is 12.1 Å². The van der Waals surface area contributed by atoms with E-state index in [0.29, 0.717) is 23.9 Å². The molecule has 0 atom stereocenters. The first-order chi connectivity index (χ1) is 13.3. The molecule has 148 valence electrons. The van der Waals surface area contributed by atoms with Gasteiger partial charge in [0.15, 0.2) is 0 Å². The van der Waals surface area contributed by atoms with Gasteiger partial charge in [0.2, 0.25) is 5.91 Å². The Hall–Kier alpha value is -2.96. The Morgan fingerprint density at radius 1 is 1.32 bits per heavy atom. The normalized spacial score (nSPS) is 15.6. The zero-order valence-electron chi connectivity index (χ0n) is 16.7. The molecule has 3 rings (SSSR count). The number of fused-ring (bicyclic) bond motifs is 1. The second-order valence-corrected chi connectivity index (χ2v) is 8.04. The first kappa shape index (κ1) is 19.8. The molecule has 2 heterocycles. The van der Waals surface area contributed by atoms with E-state index in [2.05, 4.69) is 29.1 Å². The number of nitrogens with one attached hydrogen (secondary N) is 1. The number of nitrogens with zero attached hydrogens (tertiary/aromatic N) is 3. The largest absolute Gasteiger partial charge is 0.490 e. The summed E-state index contributed by atoms with van der Waals surface area (Å²) in [7, 11) is 0. The monoisotopic (exact) mass is 382 g/mol. The number of hydrogen-bond donors (Lipinski definition) is 1. The summed E-state index contributed by atoms with van der Waals surface area (Å²) in [6.07, 6.45) is 5.28. The van der Waals surface area contributed by atoms with Crippen molar-refractivity contribution >= 4 is 23.2 Å². The summed E-state index contributed by atoms with van der Waals surface area (Å²) < 4.78 is 5.96. The minimum absolute atomic E-state index is 0.0447. The average molecular weight is 382 g/mol. The fraction of sp³-hybridized carbons (Fsp3) is 0.429. The van der Waals surface area contributed by atoms with Gasteiger partial charge in [0.05, 0.1) is 17.3 Å². The first-order valence-corrected chi connectivity index (χ1v) is 9.44. The number of ether oxygens (including phenoxy) is 1. The number of carbonyl (C=O) groups is 2. The molecule has 0 saturated heterocycles. The lowest BCUT2D eigenvalue weighted by atomic mass is 9.92. The number of amides is 2. The molecular formula is C21H26N4O3. The third kappa shape index (κ3) is 4.30. The maximum atomic E-state index is 13.1. The second kappa shape index (κ2) is 7.96. The van der Waals surface area contributed by atoms with Crippen molar-refractivity contribution in [1.29, 1.82) is 0 Å². The van der Waals surface area contributed by atoms with Crippen molar-refractivity contribution in [2.24, 2.45) is 11.3 Å². The number of benzene rings is 1. The molecule has 1 aromatic carbocycles.